The van der Waals surface area contributed by atoms with E-state index < -0.39 is 0 Å². The Hall–Kier alpha value is -2.43. The van der Waals surface area contributed by atoms with Gasteiger partial charge in [0.1, 0.15) is 5.52 Å². The largest absolute Gasteiger partial charge is 0.364 e. The Labute approximate surface area is 105 Å². The van der Waals surface area contributed by atoms with E-state index in [9.17, 15) is 0 Å². The first-order valence-electron chi connectivity index (χ1n) is 5.77. The second kappa shape index (κ2) is 4.44. The third-order valence-corrected chi connectivity index (χ3v) is 2.72. The van der Waals surface area contributed by atoms with Crippen LogP contribution in [0.1, 0.15) is 11.3 Å². The molecule has 5 heteroatoms. The molecule has 3 rings (SSSR count). The zero-order chi connectivity index (χ0) is 12.4. The van der Waals surface area contributed by atoms with Crippen LogP contribution in [0.3, 0.4) is 0 Å². The van der Waals surface area contributed by atoms with Gasteiger partial charge in [-0.25, -0.2) is 9.50 Å². The van der Waals surface area contributed by atoms with Crippen LogP contribution in [0.5, 0.6) is 0 Å². The minimum absolute atomic E-state index is 0.722. The predicted molar refractivity (Wildman–Crippen MR) is 69.3 cm³/mol. The average Bonchev–Trinajstić information content (AvgIpc) is 2.78. The van der Waals surface area contributed by atoms with Crippen molar-refractivity contribution in [2.45, 2.75) is 13.5 Å². The van der Waals surface area contributed by atoms with Gasteiger partial charge in [-0.05, 0) is 30.7 Å². The summed E-state index contributed by atoms with van der Waals surface area (Å²) >= 11 is 0. The second-order valence-corrected chi connectivity index (χ2v) is 4.10. The summed E-state index contributed by atoms with van der Waals surface area (Å²) in [6.07, 6.45) is 7.16. The average molecular weight is 239 g/mol. The van der Waals surface area contributed by atoms with E-state index in [1.54, 1.807) is 18.6 Å². The highest BCUT2D eigenvalue weighted by molar-refractivity contribution is 5.67. The SMILES string of the molecule is Cc1cc2c(NCc3ccncc3)nccn2n1. The van der Waals surface area contributed by atoms with E-state index >= 15 is 0 Å². The van der Waals surface area contributed by atoms with E-state index in [2.05, 4.69) is 20.4 Å². The molecule has 0 fully saturated rings. The van der Waals surface area contributed by atoms with E-state index in [0.717, 1.165) is 23.6 Å². The second-order valence-electron chi connectivity index (χ2n) is 4.10. The zero-order valence-electron chi connectivity index (χ0n) is 10.0. The molecule has 3 aromatic heterocycles. The van der Waals surface area contributed by atoms with Gasteiger partial charge in [-0.1, -0.05) is 0 Å². The summed E-state index contributed by atoms with van der Waals surface area (Å²) < 4.78 is 1.83. The van der Waals surface area contributed by atoms with Gasteiger partial charge in [-0.3, -0.25) is 4.98 Å². The normalized spacial score (nSPS) is 10.7. The highest BCUT2D eigenvalue weighted by Crippen LogP contribution is 2.15. The molecule has 0 unspecified atom stereocenters. The first-order chi connectivity index (χ1) is 8.83. The highest BCUT2D eigenvalue weighted by Gasteiger charge is 2.04. The van der Waals surface area contributed by atoms with Crippen LogP contribution in [-0.4, -0.2) is 19.6 Å². The number of nitrogens with zero attached hydrogens (tertiary/aromatic N) is 4. The van der Waals surface area contributed by atoms with Gasteiger partial charge in [0.15, 0.2) is 5.82 Å². The molecule has 3 aromatic rings. The van der Waals surface area contributed by atoms with Crippen LogP contribution in [0, 0.1) is 6.92 Å². The summed E-state index contributed by atoms with van der Waals surface area (Å²) in [5.74, 6) is 0.843. The molecule has 0 aliphatic heterocycles. The minimum atomic E-state index is 0.722. The summed E-state index contributed by atoms with van der Waals surface area (Å²) in [6, 6.07) is 5.98. The quantitative estimate of drug-likeness (QED) is 0.760. The van der Waals surface area contributed by atoms with Crippen molar-refractivity contribution >= 4 is 11.3 Å². The van der Waals surface area contributed by atoms with E-state index in [0.29, 0.717) is 0 Å². The lowest BCUT2D eigenvalue weighted by molar-refractivity contribution is 0.920. The third kappa shape index (κ3) is 2.02. The Balaban J connectivity index is 1.86. The lowest BCUT2D eigenvalue weighted by Gasteiger charge is -2.06. The lowest BCUT2D eigenvalue weighted by Crippen LogP contribution is -2.03. The van der Waals surface area contributed by atoms with E-state index in [1.165, 1.54) is 5.56 Å². The van der Waals surface area contributed by atoms with Crippen molar-refractivity contribution in [1.82, 2.24) is 19.6 Å². The van der Waals surface area contributed by atoms with E-state index in [4.69, 9.17) is 0 Å². The minimum Gasteiger partial charge on any atom is -0.364 e. The van der Waals surface area contributed by atoms with Gasteiger partial charge >= 0.3 is 0 Å². The number of rotatable bonds is 3. The molecule has 0 aromatic carbocycles. The van der Waals surface area contributed by atoms with Gasteiger partial charge in [-0.15, -0.1) is 0 Å². The molecule has 18 heavy (non-hydrogen) atoms. The first kappa shape index (κ1) is 10.7. The van der Waals surface area contributed by atoms with Crippen molar-refractivity contribution < 1.29 is 0 Å². The van der Waals surface area contributed by atoms with Gasteiger partial charge in [0.05, 0.1) is 5.69 Å². The first-order valence-corrected chi connectivity index (χ1v) is 5.77. The van der Waals surface area contributed by atoms with Crippen LogP contribution in [0.2, 0.25) is 0 Å². The third-order valence-electron chi connectivity index (χ3n) is 2.72. The summed E-state index contributed by atoms with van der Waals surface area (Å²) in [7, 11) is 0. The van der Waals surface area contributed by atoms with Crippen LogP contribution >= 0.6 is 0 Å². The van der Waals surface area contributed by atoms with Crippen molar-refractivity contribution in [3.05, 3.63) is 54.2 Å². The number of aromatic nitrogens is 4. The van der Waals surface area contributed by atoms with Crippen molar-refractivity contribution in [3.63, 3.8) is 0 Å². The maximum absolute atomic E-state index is 4.36. The maximum atomic E-state index is 4.36. The molecule has 0 spiro atoms. The van der Waals surface area contributed by atoms with Gasteiger partial charge in [0.2, 0.25) is 0 Å². The molecule has 0 radical (unpaired) electrons. The van der Waals surface area contributed by atoms with E-state index in [1.807, 2.05) is 35.8 Å². The molecule has 0 amide bonds. The molecule has 90 valence electrons. The molecular weight excluding hydrogens is 226 g/mol. The molecule has 0 saturated heterocycles. The summed E-state index contributed by atoms with van der Waals surface area (Å²) in [5, 5.41) is 7.67. The standard InChI is InChI=1S/C13H13N5/c1-10-8-12-13(15-6-7-18(12)17-10)16-9-11-2-4-14-5-3-11/h2-8H,9H2,1H3,(H,15,16). The zero-order valence-corrected chi connectivity index (χ0v) is 10.0. The van der Waals surface area contributed by atoms with E-state index in [-0.39, 0.29) is 0 Å². The molecule has 0 atom stereocenters. The summed E-state index contributed by atoms with van der Waals surface area (Å²) in [6.45, 7) is 2.69. The Bertz CT molecular complexity index is 659. The number of fused-ring (bicyclic) bond motifs is 1. The summed E-state index contributed by atoms with van der Waals surface area (Å²) in [5.41, 5.74) is 3.14. The van der Waals surface area contributed by atoms with Crippen molar-refractivity contribution in [2.75, 3.05) is 5.32 Å². The molecule has 5 nitrogen and oxygen atoms in total. The van der Waals surface area contributed by atoms with Crippen LogP contribution in [0.25, 0.3) is 5.52 Å². The Morgan fingerprint density at radius 2 is 2.06 bits per heavy atom. The topological polar surface area (TPSA) is 55.1 Å². The van der Waals surface area contributed by atoms with Crippen LogP contribution in [0.15, 0.2) is 43.0 Å². The van der Waals surface area contributed by atoms with Gasteiger partial charge in [0.25, 0.3) is 0 Å². The Morgan fingerprint density at radius 3 is 2.89 bits per heavy atom. The van der Waals surface area contributed by atoms with Gasteiger partial charge in [0, 0.05) is 31.3 Å². The fourth-order valence-corrected chi connectivity index (χ4v) is 1.87. The molecule has 0 aliphatic carbocycles. The molecule has 1 N–H and O–H groups in total. The molecule has 0 bridgehead atoms. The van der Waals surface area contributed by atoms with Gasteiger partial charge in [-0.2, -0.15) is 5.10 Å². The molecule has 0 saturated carbocycles. The fraction of sp³-hybridized carbons (Fsp3) is 0.154. The highest BCUT2D eigenvalue weighted by atomic mass is 15.2. The van der Waals surface area contributed by atoms with Crippen LogP contribution in [-0.2, 0) is 6.54 Å². The van der Waals surface area contributed by atoms with Crippen LogP contribution in [0.4, 0.5) is 5.82 Å². The Morgan fingerprint density at radius 1 is 1.22 bits per heavy atom. The monoisotopic (exact) mass is 239 g/mol. The summed E-state index contributed by atoms with van der Waals surface area (Å²) in [4.78, 5) is 8.34. The smallest absolute Gasteiger partial charge is 0.152 e. The van der Waals surface area contributed by atoms with Crippen molar-refractivity contribution in [3.8, 4) is 0 Å². The number of hydrogen-bond acceptors (Lipinski definition) is 4. The predicted octanol–water partition coefficient (Wildman–Crippen LogP) is 2.04. The number of anilines is 1. The van der Waals surface area contributed by atoms with Crippen LogP contribution < -0.4 is 5.32 Å². The van der Waals surface area contributed by atoms with Gasteiger partial charge < -0.3 is 5.32 Å². The fourth-order valence-electron chi connectivity index (χ4n) is 1.87. The molecule has 3 heterocycles. The van der Waals surface area contributed by atoms with Crippen molar-refractivity contribution in [1.29, 1.82) is 0 Å². The number of aryl methyl sites for hydroxylation is 1. The number of pyridine rings is 1. The molecule has 0 aliphatic rings. The van der Waals surface area contributed by atoms with Crippen molar-refractivity contribution in [2.24, 2.45) is 0 Å². The lowest BCUT2D eigenvalue weighted by atomic mass is 10.3. The number of hydrogen-bond donors (Lipinski definition) is 1. The maximum Gasteiger partial charge on any atom is 0.152 e. The molecular formula is C13H13N5. The Kier molecular flexibility index (Phi) is 2.64. The number of nitrogens with one attached hydrogen (secondary N) is 1.